The molecule has 0 aromatic heterocycles. The van der Waals surface area contributed by atoms with Crippen molar-refractivity contribution in [2.75, 3.05) is 0 Å². The summed E-state index contributed by atoms with van der Waals surface area (Å²) in [7, 11) is 0. The van der Waals surface area contributed by atoms with Gasteiger partial charge in [0.1, 0.15) is 5.54 Å². The van der Waals surface area contributed by atoms with Gasteiger partial charge in [-0.1, -0.05) is 72.5 Å². The standard InChI is InChI=1S/C26H20N2O2/c29-24-22-13-7-8-14-23(22)25(30)28(24)27-26(21-15-16-21,20-11-5-2-6-12-20)18-17-19-9-3-1-4-10-19/h1-14,21,27H,15-16H2. The van der Waals surface area contributed by atoms with E-state index in [1.54, 1.807) is 24.3 Å². The normalized spacial score (nSPS) is 17.1. The van der Waals surface area contributed by atoms with Crippen LogP contribution in [0.4, 0.5) is 0 Å². The van der Waals surface area contributed by atoms with Crippen molar-refractivity contribution >= 4 is 11.8 Å². The second-order valence-electron chi connectivity index (χ2n) is 7.67. The number of hydrazine groups is 1. The lowest BCUT2D eigenvalue weighted by molar-refractivity contribution is 0.0478. The number of nitrogens with one attached hydrogen (secondary N) is 1. The number of fused-ring (bicyclic) bond motifs is 1. The number of benzene rings is 3. The predicted molar refractivity (Wildman–Crippen MR) is 114 cm³/mol. The van der Waals surface area contributed by atoms with Crippen LogP contribution < -0.4 is 5.43 Å². The Balaban J connectivity index is 1.60. The van der Waals surface area contributed by atoms with Gasteiger partial charge >= 0.3 is 0 Å². The molecule has 0 spiro atoms. The highest BCUT2D eigenvalue weighted by Gasteiger charge is 2.50. The van der Waals surface area contributed by atoms with E-state index in [4.69, 9.17) is 0 Å². The fraction of sp³-hybridized carbons (Fsp3) is 0.154. The summed E-state index contributed by atoms with van der Waals surface area (Å²) in [5.74, 6) is 6.22. The first-order valence-corrected chi connectivity index (χ1v) is 10.1. The Morgan fingerprint density at radius 1 is 0.767 bits per heavy atom. The third kappa shape index (κ3) is 3.10. The molecule has 0 bridgehead atoms. The molecular weight excluding hydrogens is 372 g/mol. The molecule has 146 valence electrons. The van der Waals surface area contributed by atoms with E-state index >= 15 is 0 Å². The Kier molecular flexibility index (Phi) is 4.46. The van der Waals surface area contributed by atoms with Crippen molar-refractivity contribution in [2.24, 2.45) is 5.92 Å². The summed E-state index contributed by atoms with van der Waals surface area (Å²) in [4.78, 5) is 26.1. The molecule has 5 rings (SSSR count). The van der Waals surface area contributed by atoms with Gasteiger partial charge in [0.15, 0.2) is 0 Å². The molecule has 1 unspecified atom stereocenters. The van der Waals surface area contributed by atoms with Crippen molar-refractivity contribution < 1.29 is 9.59 Å². The van der Waals surface area contributed by atoms with E-state index in [0.29, 0.717) is 11.1 Å². The molecule has 2 aliphatic rings. The number of hydrogen-bond donors (Lipinski definition) is 1. The minimum absolute atomic E-state index is 0.209. The molecule has 1 atom stereocenters. The molecule has 3 aromatic carbocycles. The van der Waals surface area contributed by atoms with E-state index in [0.717, 1.165) is 29.0 Å². The second-order valence-corrected chi connectivity index (χ2v) is 7.67. The van der Waals surface area contributed by atoms with Gasteiger partial charge in [0, 0.05) is 5.56 Å². The molecule has 0 saturated heterocycles. The van der Waals surface area contributed by atoms with E-state index < -0.39 is 5.54 Å². The third-order valence-electron chi connectivity index (χ3n) is 5.68. The van der Waals surface area contributed by atoms with Crippen LogP contribution in [0.3, 0.4) is 0 Å². The molecule has 1 saturated carbocycles. The first kappa shape index (κ1) is 18.4. The van der Waals surface area contributed by atoms with Gasteiger partial charge in [0.25, 0.3) is 11.8 Å². The first-order valence-electron chi connectivity index (χ1n) is 10.1. The van der Waals surface area contributed by atoms with Gasteiger partial charge in [-0.05, 0) is 48.6 Å². The molecule has 1 aliphatic heterocycles. The topological polar surface area (TPSA) is 49.4 Å². The minimum Gasteiger partial charge on any atom is -0.267 e. The molecule has 3 aromatic rings. The van der Waals surface area contributed by atoms with E-state index in [1.165, 1.54) is 0 Å². The summed E-state index contributed by atoms with van der Waals surface area (Å²) in [5, 5.41) is 1.15. The monoisotopic (exact) mass is 392 g/mol. The van der Waals surface area contributed by atoms with E-state index in [-0.39, 0.29) is 17.7 Å². The second kappa shape index (κ2) is 7.29. The molecule has 1 N–H and O–H groups in total. The highest BCUT2D eigenvalue weighted by atomic mass is 16.2. The number of carbonyl (C=O) groups is 2. The lowest BCUT2D eigenvalue weighted by atomic mass is 9.85. The molecule has 30 heavy (non-hydrogen) atoms. The van der Waals surface area contributed by atoms with E-state index in [1.807, 2.05) is 60.7 Å². The number of amides is 2. The Hall–Kier alpha value is -3.68. The van der Waals surface area contributed by atoms with E-state index in [2.05, 4.69) is 17.3 Å². The van der Waals surface area contributed by atoms with Gasteiger partial charge in [-0.3, -0.25) is 9.59 Å². The molecule has 2 amide bonds. The maximum atomic E-state index is 13.0. The molecule has 1 aliphatic carbocycles. The van der Waals surface area contributed by atoms with Gasteiger partial charge in [0.05, 0.1) is 11.1 Å². The van der Waals surface area contributed by atoms with Gasteiger partial charge in [-0.2, -0.15) is 0 Å². The average Bonchev–Trinajstić information content (AvgIpc) is 3.63. The van der Waals surface area contributed by atoms with Crippen molar-refractivity contribution in [3.8, 4) is 11.8 Å². The predicted octanol–water partition coefficient (Wildman–Crippen LogP) is 4.14. The van der Waals surface area contributed by atoms with Gasteiger partial charge in [-0.25, -0.2) is 10.4 Å². The number of nitrogens with zero attached hydrogens (tertiary/aromatic N) is 1. The lowest BCUT2D eigenvalue weighted by Crippen LogP contribution is -2.55. The smallest absolute Gasteiger partial charge is 0.267 e. The highest BCUT2D eigenvalue weighted by molar-refractivity contribution is 6.21. The quantitative estimate of drug-likeness (QED) is 0.536. The molecule has 1 fully saturated rings. The lowest BCUT2D eigenvalue weighted by Gasteiger charge is -2.34. The van der Waals surface area contributed by atoms with Gasteiger partial charge in [-0.15, -0.1) is 0 Å². The molecule has 0 radical (unpaired) electrons. The summed E-state index contributed by atoms with van der Waals surface area (Å²) in [6, 6.07) is 26.6. The third-order valence-corrected chi connectivity index (χ3v) is 5.68. The van der Waals surface area contributed by atoms with Gasteiger partial charge in [0.2, 0.25) is 0 Å². The Bertz CT molecular complexity index is 1140. The summed E-state index contributed by atoms with van der Waals surface area (Å²) >= 11 is 0. The largest absolute Gasteiger partial charge is 0.276 e. The van der Waals surface area contributed by atoms with Crippen LogP contribution in [0.25, 0.3) is 0 Å². The van der Waals surface area contributed by atoms with Gasteiger partial charge < -0.3 is 0 Å². The number of carbonyl (C=O) groups excluding carboxylic acids is 2. The Morgan fingerprint density at radius 3 is 1.87 bits per heavy atom. The summed E-state index contributed by atoms with van der Waals surface area (Å²) in [6.45, 7) is 0. The van der Waals surface area contributed by atoms with Crippen molar-refractivity contribution in [3.63, 3.8) is 0 Å². The van der Waals surface area contributed by atoms with Crippen LogP contribution in [0.5, 0.6) is 0 Å². The number of hydrogen-bond acceptors (Lipinski definition) is 3. The average molecular weight is 392 g/mol. The molecule has 1 heterocycles. The fourth-order valence-electron chi connectivity index (χ4n) is 3.97. The zero-order valence-corrected chi connectivity index (χ0v) is 16.3. The van der Waals surface area contributed by atoms with Crippen LogP contribution in [-0.4, -0.2) is 16.8 Å². The van der Waals surface area contributed by atoms with Crippen LogP contribution in [0.1, 0.15) is 44.7 Å². The first-order chi connectivity index (χ1) is 14.7. The van der Waals surface area contributed by atoms with Crippen LogP contribution in [-0.2, 0) is 5.54 Å². The Labute approximate surface area is 175 Å². The van der Waals surface area contributed by atoms with Crippen LogP contribution in [0, 0.1) is 17.8 Å². The summed E-state index contributed by atoms with van der Waals surface area (Å²) in [5.41, 5.74) is 5.14. The molecule has 4 heteroatoms. The highest BCUT2D eigenvalue weighted by Crippen LogP contribution is 2.46. The summed E-state index contributed by atoms with van der Waals surface area (Å²) in [6.07, 6.45) is 1.96. The zero-order chi connectivity index (χ0) is 20.6. The van der Waals surface area contributed by atoms with Crippen molar-refractivity contribution in [2.45, 2.75) is 18.4 Å². The van der Waals surface area contributed by atoms with Crippen LogP contribution in [0.15, 0.2) is 84.9 Å². The van der Waals surface area contributed by atoms with Crippen molar-refractivity contribution in [1.82, 2.24) is 10.4 Å². The maximum Gasteiger partial charge on any atom is 0.276 e. The van der Waals surface area contributed by atoms with Crippen molar-refractivity contribution in [3.05, 3.63) is 107 Å². The van der Waals surface area contributed by atoms with E-state index in [9.17, 15) is 9.59 Å². The van der Waals surface area contributed by atoms with Crippen molar-refractivity contribution in [1.29, 1.82) is 0 Å². The summed E-state index contributed by atoms with van der Waals surface area (Å²) < 4.78 is 0. The minimum atomic E-state index is -0.829. The Morgan fingerprint density at radius 2 is 1.30 bits per heavy atom. The molecule has 4 nitrogen and oxygen atoms in total. The zero-order valence-electron chi connectivity index (χ0n) is 16.3. The fourth-order valence-corrected chi connectivity index (χ4v) is 3.97. The maximum absolute atomic E-state index is 13.0. The van der Waals surface area contributed by atoms with Crippen LogP contribution in [0.2, 0.25) is 0 Å². The SMILES string of the molecule is O=C1c2ccccc2C(=O)N1NC(C#Cc1ccccc1)(c1ccccc1)C1CC1. The van der Waals surface area contributed by atoms with Crippen LogP contribution >= 0.6 is 0 Å². The number of imide groups is 1. The number of rotatable bonds is 4. The molecular formula is C26H20N2O2.